The number of carbonyl (C=O) groups is 1. The van der Waals surface area contributed by atoms with Crippen molar-refractivity contribution >= 4 is 34.8 Å². The second kappa shape index (κ2) is 6.32. The Balaban J connectivity index is 1.58. The first-order valence-electron chi connectivity index (χ1n) is 7.77. The van der Waals surface area contributed by atoms with E-state index in [0.717, 1.165) is 0 Å². The van der Waals surface area contributed by atoms with E-state index in [1.165, 1.54) is 6.07 Å². The molecule has 0 spiro atoms. The zero-order valence-electron chi connectivity index (χ0n) is 13.0. The Morgan fingerprint density at radius 1 is 1.20 bits per heavy atom. The maximum absolute atomic E-state index is 14.2. The van der Waals surface area contributed by atoms with Gasteiger partial charge in [0.15, 0.2) is 6.10 Å². The van der Waals surface area contributed by atoms with Crippen LogP contribution in [-0.2, 0) is 4.84 Å². The first-order chi connectivity index (χ1) is 12.0. The van der Waals surface area contributed by atoms with Crippen molar-refractivity contribution < 1.29 is 14.0 Å². The molecule has 25 heavy (non-hydrogen) atoms. The average Bonchev–Trinajstić information content (AvgIpc) is 3.16. The summed E-state index contributed by atoms with van der Waals surface area (Å²) in [6, 6.07) is 11.3. The van der Waals surface area contributed by atoms with Gasteiger partial charge in [-0.15, -0.1) is 0 Å². The summed E-state index contributed by atoms with van der Waals surface area (Å²) in [7, 11) is 0. The molecule has 2 aromatic rings. The number of hydrogen-bond acceptors (Lipinski definition) is 3. The maximum Gasteiger partial charge on any atom is 0.254 e. The van der Waals surface area contributed by atoms with Gasteiger partial charge in [-0.05, 0) is 30.3 Å². The number of oxime groups is 1. The number of halogens is 3. The van der Waals surface area contributed by atoms with Crippen molar-refractivity contribution in [3.63, 3.8) is 0 Å². The maximum atomic E-state index is 14.2. The highest BCUT2D eigenvalue weighted by Crippen LogP contribution is 2.34. The molecule has 1 fully saturated rings. The Kier molecular flexibility index (Phi) is 4.13. The summed E-state index contributed by atoms with van der Waals surface area (Å²) < 4.78 is 14.2. The Bertz CT molecular complexity index is 867. The second-order valence-corrected chi connectivity index (χ2v) is 6.89. The Morgan fingerprint density at radius 3 is 2.76 bits per heavy atom. The van der Waals surface area contributed by atoms with Crippen molar-refractivity contribution in [3.05, 3.63) is 69.5 Å². The van der Waals surface area contributed by atoms with Crippen LogP contribution in [0.5, 0.6) is 0 Å². The van der Waals surface area contributed by atoms with Gasteiger partial charge in [0.2, 0.25) is 0 Å². The van der Waals surface area contributed by atoms with Crippen molar-refractivity contribution in [1.29, 1.82) is 0 Å². The minimum absolute atomic E-state index is 0.139. The number of carbonyl (C=O) groups excluding carboxylic acids is 1. The first kappa shape index (κ1) is 16.4. The molecule has 4 rings (SSSR count). The average molecular weight is 379 g/mol. The molecular weight excluding hydrogens is 366 g/mol. The van der Waals surface area contributed by atoms with E-state index >= 15 is 0 Å². The third-order valence-corrected chi connectivity index (χ3v) is 5.03. The fourth-order valence-corrected chi connectivity index (χ4v) is 3.73. The number of hydrogen-bond donors (Lipinski definition) is 0. The molecule has 0 aliphatic carbocycles. The van der Waals surface area contributed by atoms with Crippen LogP contribution in [0.25, 0.3) is 0 Å². The predicted octanol–water partition coefficient (Wildman–Crippen LogP) is 4.01. The molecular formula is C18H13Cl2FN2O2. The molecule has 2 unspecified atom stereocenters. The van der Waals surface area contributed by atoms with Gasteiger partial charge in [0, 0.05) is 17.1 Å². The molecule has 2 heterocycles. The number of benzene rings is 2. The standard InChI is InChI=1S/C18H13Cl2FN2O2/c19-11-4-1-3-10(7-11)18(24)23-8-12-15(9-23)25-22-17(12)16-13(20)5-2-6-14(16)21/h1-7,12,15H,8-9H2. The van der Waals surface area contributed by atoms with Crippen molar-refractivity contribution in [3.8, 4) is 0 Å². The van der Waals surface area contributed by atoms with Crippen molar-refractivity contribution in [1.82, 2.24) is 4.90 Å². The SMILES string of the molecule is O=C(c1cccc(Cl)c1)N1CC2ON=C(c3c(F)cccc3Cl)C2C1. The minimum atomic E-state index is -0.449. The Labute approximate surface area is 153 Å². The lowest BCUT2D eigenvalue weighted by Gasteiger charge is -2.17. The third kappa shape index (κ3) is 2.87. The van der Waals surface area contributed by atoms with Crippen LogP contribution >= 0.6 is 23.2 Å². The molecule has 2 atom stereocenters. The van der Waals surface area contributed by atoms with Gasteiger partial charge in [-0.25, -0.2) is 4.39 Å². The van der Waals surface area contributed by atoms with Gasteiger partial charge >= 0.3 is 0 Å². The molecule has 0 aromatic heterocycles. The van der Waals surface area contributed by atoms with Crippen LogP contribution in [0.15, 0.2) is 47.6 Å². The molecule has 1 saturated heterocycles. The van der Waals surface area contributed by atoms with Gasteiger partial charge in [-0.1, -0.05) is 40.5 Å². The Morgan fingerprint density at radius 2 is 2.00 bits per heavy atom. The van der Waals surface area contributed by atoms with E-state index in [9.17, 15) is 9.18 Å². The van der Waals surface area contributed by atoms with E-state index in [1.807, 2.05) is 0 Å². The van der Waals surface area contributed by atoms with Crippen LogP contribution in [-0.4, -0.2) is 35.7 Å². The fraction of sp³-hybridized carbons (Fsp3) is 0.222. The molecule has 0 saturated carbocycles. The van der Waals surface area contributed by atoms with Gasteiger partial charge in [-0.3, -0.25) is 4.79 Å². The molecule has 7 heteroatoms. The van der Waals surface area contributed by atoms with Gasteiger partial charge in [0.1, 0.15) is 11.5 Å². The summed E-state index contributed by atoms with van der Waals surface area (Å²) >= 11 is 12.1. The number of likely N-dealkylation sites (tertiary alicyclic amines) is 1. The van der Waals surface area contributed by atoms with E-state index in [-0.39, 0.29) is 28.5 Å². The number of amides is 1. The van der Waals surface area contributed by atoms with Gasteiger partial charge in [0.25, 0.3) is 5.91 Å². The quantitative estimate of drug-likeness (QED) is 0.792. The van der Waals surface area contributed by atoms with Crippen LogP contribution in [0, 0.1) is 11.7 Å². The highest BCUT2D eigenvalue weighted by atomic mass is 35.5. The zero-order valence-corrected chi connectivity index (χ0v) is 14.5. The molecule has 2 aliphatic rings. The van der Waals surface area contributed by atoms with Crippen LogP contribution < -0.4 is 0 Å². The van der Waals surface area contributed by atoms with E-state index in [4.69, 9.17) is 28.0 Å². The van der Waals surface area contributed by atoms with Gasteiger partial charge in [0.05, 0.1) is 23.0 Å². The van der Waals surface area contributed by atoms with Gasteiger partial charge in [-0.2, -0.15) is 0 Å². The first-order valence-corrected chi connectivity index (χ1v) is 8.53. The smallest absolute Gasteiger partial charge is 0.254 e. The number of rotatable bonds is 2. The topological polar surface area (TPSA) is 41.9 Å². The summed E-state index contributed by atoms with van der Waals surface area (Å²) in [5.41, 5.74) is 1.21. The number of fused-ring (bicyclic) bond motifs is 1. The van der Waals surface area contributed by atoms with Crippen molar-refractivity contribution in [2.75, 3.05) is 13.1 Å². The Hall–Kier alpha value is -2.11. The minimum Gasteiger partial charge on any atom is -0.390 e. The van der Waals surface area contributed by atoms with Crippen molar-refractivity contribution in [2.24, 2.45) is 11.1 Å². The molecule has 0 radical (unpaired) electrons. The largest absolute Gasteiger partial charge is 0.390 e. The lowest BCUT2D eigenvalue weighted by molar-refractivity contribution is 0.0631. The third-order valence-electron chi connectivity index (χ3n) is 4.48. The van der Waals surface area contributed by atoms with Gasteiger partial charge < -0.3 is 9.74 Å². The van der Waals surface area contributed by atoms with Crippen LogP contribution in [0.2, 0.25) is 10.0 Å². The lowest BCUT2D eigenvalue weighted by Crippen LogP contribution is -2.30. The van der Waals surface area contributed by atoms with E-state index in [1.54, 1.807) is 41.3 Å². The summed E-state index contributed by atoms with van der Waals surface area (Å²) in [5, 5.41) is 4.81. The fourth-order valence-electron chi connectivity index (χ4n) is 3.28. The lowest BCUT2D eigenvalue weighted by atomic mass is 9.94. The molecule has 1 amide bonds. The van der Waals surface area contributed by atoms with E-state index in [0.29, 0.717) is 29.4 Å². The van der Waals surface area contributed by atoms with E-state index in [2.05, 4.69) is 5.16 Å². The number of nitrogens with zero attached hydrogens (tertiary/aromatic N) is 2. The molecule has 0 N–H and O–H groups in total. The molecule has 2 aliphatic heterocycles. The normalized spacial score (nSPS) is 21.7. The second-order valence-electron chi connectivity index (χ2n) is 6.04. The molecule has 2 aromatic carbocycles. The van der Waals surface area contributed by atoms with Crippen LogP contribution in [0.4, 0.5) is 4.39 Å². The zero-order chi connectivity index (χ0) is 17.6. The summed E-state index contributed by atoms with van der Waals surface area (Å²) in [6.45, 7) is 0.772. The van der Waals surface area contributed by atoms with Crippen LogP contribution in [0.1, 0.15) is 15.9 Å². The summed E-state index contributed by atoms with van der Waals surface area (Å²) in [6.07, 6.45) is -0.297. The molecule has 4 nitrogen and oxygen atoms in total. The van der Waals surface area contributed by atoms with Crippen molar-refractivity contribution in [2.45, 2.75) is 6.10 Å². The van der Waals surface area contributed by atoms with E-state index < -0.39 is 5.82 Å². The van der Waals surface area contributed by atoms with Crippen LogP contribution in [0.3, 0.4) is 0 Å². The monoisotopic (exact) mass is 378 g/mol. The predicted molar refractivity (Wildman–Crippen MR) is 93.7 cm³/mol. The highest BCUT2D eigenvalue weighted by molar-refractivity contribution is 6.34. The highest BCUT2D eigenvalue weighted by Gasteiger charge is 2.45. The molecule has 0 bridgehead atoms. The summed E-state index contributed by atoms with van der Waals surface area (Å²) in [4.78, 5) is 19.8. The molecule has 128 valence electrons. The summed E-state index contributed by atoms with van der Waals surface area (Å²) in [5.74, 6) is -0.799.